The van der Waals surface area contributed by atoms with Gasteiger partial charge in [0.1, 0.15) is 11.5 Å². The molecule has 2 nitrogen and oxygen atoms in total. The topological polar surface area (TPSA) is 29.5 Å². The number of para-hydroxylation sites is 1. The molecule has 0 spiro atoms. The van der Waals surface area contributed by atoms with E-state index < -0.39 is 0 Å². The average Bonchev–Trinajstić information content (AvgIpc) is 2.49. The highest BCUT2D eigenvalue weighted by Gasteiger charge is 2.00. The number of benzene rings is 2. The molecular weight excluding hydrogens is 248 g/mol. The van der Waals surface area contributed by atoms with Crippen LogP contribution < -0.4 is 4.74 Å². The predicted molar refractivity (Wildman–Crippen MR) is 82.4 cm³/mol. The molecule has 0 aliphatic carbocycles. The highest BCUT2D eigenvalue weighted by Crippen LogP contribution is 2.19. The molecule has 0 unspecified atom stereocenters. The molecule has 0 atom stereocenters. The third kappa shape index (κ3) is 4.30. The van der Waals surface area contributed by atoms with Crippen LogP contribution in [0.25, 0.3) is 0 Å². The van der Waals surface area contributed by atoms with Gasteiger partial charge >= 0.3 is 0 Å². The molecule has 0 aromatic heterocycles. The number of rotatable bonds is 7. The number of aromatic hydroxyl groups is 1. The first-order valence-corrected chi connectivity index (χ1v) is 7.19. The van der Waals surface area contributed by atoms with E-state index in [-0.39, 0.29) is 0 Å². The summed E-state index contributed by atoms with van der Waals surface area (Å²) in [5, 5.41) is 9.69. The zero-order chi connectivity index (χ0) is 14.2. The van der Waals surface area contributed by atoms with Crippen molar-refractivity contribution in [3.63, 3.8) is 0 Å². The maximum atomic E-state index is 9.69. The quantitative estimate of drug-likeness (QED) is 0.758. The van der Waals surface area contributed by atoms with E-state index in [2.05, 4.69) is 12.1 Å². The van der Waals surface area contributed by atoms with Gasteiger partial charge in [-0.1, -0.05) is 36.8 Å². The van der Waals surface area contributed by atoms with Gasteiger partial charge in [0.25, 0.3) is 0 Å². The summed E-state index contributed by atoms with van der Waals surface area (Å²) in [6.07, 6.45) is 5.48. The summed E-state index contributed by atoms with van der Waals surface area (Å²) in [4.78, 5) is 0. The van der Waals surface area contributed by atoms with E-state index in [1.807, 2.05) is 30.3 Å². The summed E-state index contributed by atoms with van der Waals surface area (Å²) in [6, 6.07) is 15.8. The van der Waals surface area contributed by atoms with Crippen LogP contribution in [0, 0.1) is 0 Å². The molecule has 0 amide bonds. The van der Waals surface area contributed by atoms with E-state index in [9.17, 15) is 5.11 Å². The van der Waals surface area contributed by atoms with E-state index in [4.69, 9.17) is 4.74 Å². The van der Waals surface area contributed by atoms with Gasteiger partial charge in [0.05, 0.1) is 7.11 Å². The van der Waals surface area contributed by atoms with Gasteiger partial charge in [-0.3, -0.25) is 0 Å². The first-order valence-electron chi connectivity index (χ1n) is 7.19. The van der Waals surface area contributed by atoms with Gasteiger partial charge in [-0.25, -0.2) is 0 Å². The number of ether oxygens (including phenoxy) is 1. The van der Waals surface area contributed by atoms with Gasteiger partial charge in [0.15, 0.2) is 0 Å². The fraction of sp³-hybridized carbons (Fsp3) is 0.333. The van der Waals surface area contributed by atoms with Crippen LogP contribution in [0.15, 0.2) is 48.5 Å². The van der Waals surface area contributed by atoms with Crippen molar-refractivity contribution in [2.45, 2.75) is 32.1 Å². The fourth-order valence-electron chi connectivity index (χ4n) is 2.37. The van der Waals surface area contributed by atoms with Crippen molar-refractivity contribution in [1.29, 1.82) is 0 Å². The summed E-state index contributed by atoms with van der Waals surface area (Å²) in [5.41, 5.74) is 2.38. The first kappa shape index (κ1) is 14.4. The fourth-order valence-corrected chi connectivity index (χ4v) is 2.37. The zero-order valence-electron chi connectivity index (χ0n) is 12.0. The maximum Gasteiger partial charge on any atom is 0.119 e. The molecule has 1 N–H and O–H groups in total. The van der Waals surface area contributed by atoms with Gasteiger partial charge in [-0.15, -0.1) is 0 Å². The summed E-state index contributed by atoms with van der Waals surface area (Å²) in [5.74, 6) is 1.34. The van der Waals surface area contributed by atoms with Crippen LogP contribution in [-0.4, -0.2) is 12.2 Å². The molecular formula is C18H22O2. The van der Waals surface area contributed by atoms with Gasteiger partial charge in [0.2, 0.25) is 0 Å². The number of phenolic OH excluding ortho intramolecular Hbond substituents is 1. The Hall–Kier alpha value is -1.96. The van der Waals surface area contributed by atoms with Gasteiger partial charge < -0.3 is 9.84 Å². The molecule has 0 aliphatic heterocycles. The molecule has 0 fully saturated rings. The van der Waals surface area contributed by atoms with Crippen LogP contribution in [-0.2, 0) is 12.8 Å². The average molecular weight is 270 g/mol. The Labute approximate surface area is 121 Å². The highest BCUT2D eigenvalue weighted by atomic mass is 16.5. The number of hydrogen-bond donors (Lipinski definition) is 1. The SMILES string of the molecule is COc1cccc(CCCCCc2ccccc2O)c1. The van der Waals surface area contributed by atoms with Crippen LogP contribution in [0.5, 0.6) is 11.5 Å². The Morgan fingerprint density at radius 3 is 2.50 bits per heavy atom. The Morgan fingerprint density at radius 1 is 0.900 bits per heavy atom. The molecule has 0 aliphatic rings. The molecule has 0 heterocycles. The molecule has 20 heavy (non-hydrogen) atoms. The van der Waals surface area contributed by atoms with E-state index >= 15 is 0 Å². The smallest absolute Gasteiger partial charge is 0.119 e. The van der Waals surface area contributed by atoms with Crippen LogP contribution >= 0.6 is 0 Å². The second kappa shape index (κ2) is 7.59. The number of aryl methyl sites for hydroxylation is 2. The van der Waals surface area contributed by atoms with Gasteiger partial charge in [-0.2, -0.15) is 0 Å². The molecule has 0 saturated carbocycles. The Balaban J connectivity index is 1.70. The summed E-state index contributed by atoms with van der Waals surface area (Å²) in [6.45, 7) is 0. The number of methoxy groups -OCH3 is 1. The van der Waals surface area contributed by atoms with Crippen LogP contribution in [0.2, 0.25) is 0 Å². The van der Waals surface area contributed by atoms with Gasteiger partial charge in [-0.05, 0) is 55.0 Å². The standard InChI is InChI=1S/C18H22O2/c1-20-17-12-7-9-15(14-17)8-3-2-4-10-16-11-5-6-13-18(16)19/h5-7,9,11-14,19H,2-4,8,10H2,1H3. The summed E-state index contributed by atoms with van der Waals surface area (Å²) >= 11 is 0. The highest BCUT2D eigenvalue weighted by molar-refractivity contribution is 5.31. The van der Waals surface area contributed by atoms with E-state index in [1.165, 1.54) is 18.4 Å². The summed E-state index contributed by atoms with van der Waals surface area (Å²) < 4.78 is 5.23. The molecule has 2 aromatic rings. The van der Waals surface area contributed by atoms with E-state index in [0.29, 0.717) is 5.75 Å². The molecule has 2 heteroatoms. The second-order valence-electron chi connectivity index (χ2n) is 5.04. The van der Waals surface area contributed by atoms with E-state index in [1.54, 1.807) is 13.2 Å². The van der Waals surface area contributed by atoms with Gasteiger partial charge in [0, 0.05) is 0 Å². The third-order valence-corrected chi connectivity index (χ3v) is 3.54. The summed E-state index contributed by atoms with van der Waals surface area (Å²) in [7, 11) is 1.70. The molecule has 0 saturated heterocycles. The zero-order valence-corrected chi connectivity index (χ0v) is 12.0. The first-order chi connectivity index (χ1) is 9.79. The minimum absolute atomic E-state index is 0.417. The lowest BCUT2D eigenvalue weighted by Crippen LogP contribution is -1.90. The predicted octanol–water partition coefficient (Wildman–Crippen LogP) is 4.36. The molecule has 0 radical (unpaired) electrons. The van der Waals surface area contributed by atoms with E-state index in [0.717, 1.165) is 30.6 Å². The van der Waals surface area contributed by atoms with Crippen molar-refractivity contribution in [1.82, 2.24) is 0 Å². The lowest BCUT2D eigenvalue weighted by atomic mass is 10.0. The van der Waals surface area contributed by atoms with Crippen LogP contribution in [0.4, 0.5) is 0 Å². The molecule has 2 rings (SSSR count). The number of unbranched alkanes of at least 4 members (excludes halogenated alkanes) is 2. The Morgan fingerprint density at radius 2 is 1.70 bits per heavy atom. The van der Waals surface area contributed by atoms with Crippen molar-refractivity contribution < 1.29 is 9.84 Å². The third-order valence-electron chi connectivity index (χ3n) is 3.54. The number of hydrogen-bond acceptors (Lipinski definition) is 2. The Kier molecular flexibility index (Phi) is 5.48. The van der Waals surface area contributed by atoms with Crippen molar-refractivity contribution in [3.8, 4) is 11.5 Å². The minimum Gasteiger partial charge on any atom is -0.508 e. The van der Waals surface area contributed by atoms with Crippen LogP contribution in [0.3, 0.4) is 0 Å². The molecule has 2 aromatic carbocycles. The molecule has 0 bridgehead atoms. The second-order valence-corrected chi connectivity index (χ2v) is 5.04. The minimum atomic E-state index is 0.417. The van der Waals surface area contributed by atoms with Crippen LogP contribution in [0.1, 0.15) is 30.4 Å². The monoisotopic (exact) mass is 270 g/mol. The van der Waals surface area contributed by atoms with Crippen molar-refractivity contribution >= 4 is 0 Å². The van der Waals surface area contributed by atoms with Crippen molar-refractivity contribution in [3.05, 3.63) is 59.7 Å². The van der Waals surface area contributed by atoms with Crippen molar-refractivity contribution in [2.75, 3.05) is 7.11 Å². The molecule has 106 valence electrons. The maximum absolute atomic E-state index is 9.69. The normalized spacial score (nSPS) is 10.4. The lowest BCUT2D eigenvalue weighted by Gasteiger charge is -2.06. The van der Waals surface area contributed by atoms with Crippen molar-refractivity contribution in [2.24, 2.45) is 0 Å². The largest absolute Gasteiger partial charge is 0.508 e. The lowest BCUT2D eigenvalue weighted by molar-refractivity contribution is 0.414. The Bertz CT molecular complexity index is 534. The number of phenols is 1.